The number of hydrogen-bond acceptors (Lipinski definition) is 4. The molecule has 0 amide bonds. The van der Waals surface area contributed by atoms with Gasteiger partial charge in [-0.3, -0.25) is 0 Å². The Bertz CT molecular complexity index is 307. The molecule has 1 rings (SSSR count). The van der Waals surface area contributed by atoms with Crippen LogP contribution < -0.4 is 5.32 Å². The number of nitrogens with one attached hydrogen (secondary N) is 1. The number of rotatable bonds is 5. The molecule has 0 aliphatic carbocycles. The van der Waals surface area contributed by atoms with Crippen LogP contribution in [0.3, 0.4) is 0 Å². The number of aliphatic hydroxyl groups excluding tert-OH is 2. The second-order valence-electron chi connectivity index (χ2n) is 4.21. The molecule has 15 heavy (non-hydrogen) atoms. The third-order valence-corrected chi connectivity index (χ3v) is 3.76. The lowest BCUT2D eigenvalue weighted by atomic mass is 10.0. The Morgan fingerprint density at radius 3 is 2.47 bits per heavy atom. The van der Waals surface area contributed by atoms with Gasteiger partial charge in [0.2, 0.25) is 0 Å². The molecule has 1 atom stereocenters. The van der Waals surface area contributed by atoms with E-state index in [0.717, 1.165) is 0 Å². The first-order valence-electron chi connectivity index (χ1n) is 5.06. The Balaban J connectivity index is 2.71. The molecule has 0 fully saturated rings. The summed E-state index contributed by atoms with van der Waals surface area (Å²) in [5.41, 5.74) is 0.633. The first-order valence-corrected chi connectivity index (χ1v) is 5.94. The standard InChI is InChI=1S/C11H19NO2S/c1-8-4-5-15-10(8)9(2)12-11(3,6-13)7-14/h4-5,9,12-14H,6-7H2,1-3H3. The second-order valence-corrected chi connectivity index (χ2v) is 5.16. The molecule has 0 saturated carbocycles. The molecular formula is C11H19NO2S. The molecule has 1 heterocycles. The van der Waals surface area contributed by atoms with Crippen molar-refractivity contribution < 1.29 is 10.2 Å². The van der Waals surface area contributed by atoms with E-state index in [1.54, 1.807) is 11.3 Å². The van der Waals surface area contributed by atoms with Gasteiger partial charge in [0.1, 0.15) is 0 Å². The Labute approximate surface area is 94.8 Å². The Hall–Kier alpha value is -0.420. The largest absolute Gasteiger partial charge is 0.394 e. The zero-order valence-corrected chi connectivity index (χ0v) is 10.3. The molecule has 0 aliphatic heterocycles. The highest BCUT2D eigenvalue weighted by Crippen LogP contribution is 2.25. The van der Waals surface area contributed by atoms with Crippen LogP contribution in [0.4, 0.5) is 0 Å². The highest BCUT2D eigenvalue weighted by Gasteiger charge is 2.25. The molecule has 86 valence electrons. The molecule has 3 N–H and O–H groups in total. The lowest BCUT2D eigenvalue weighted by molar-refractivity contribution is 0.0960. The second kappa shape index (κ2) is 5.07. The summed E-state index contributed by atoms with van der Waals surface area (Å²) in [5.74, 6) is 0. The van der Waals surface area contributed by atoms with Gasteiger partial charge < -0.3 is 15.5 Å². The van der Waals surface area contributed by atoms with E-state index in [0.29, 0.717) is 0 Å². The molecule has 1 aromatic heterocycles. The van der Waals surface area contributed by atoms with E-state index in [9.17, 15) is 10.2 Å². The van der Waals surface area contributed by atoms with Gasteiger partial charge in [-0.05, 0) is 37.8 Å². The monoisotopic (exact) mass is 229 g/mol. The van der Waals surface area contributed by atoms with Gasteiger partial charge in [0.25, 0.3) is 0 Å². The fraction of sp³-hybridized carbons (Fsp3) is 0.636. The van der Waals surface area contributed by atoms with Crippen LogP contribution in [0.25, 0.3) is 0 Å². The molecule has 3 nitrogen and oxygen atoms in total. The third kappa shape index (κ3) is 3.01. The average molecular weight is 229 g/mol. The van der Waals surface area contributed by atoms with Crippen molar-refractivity contribution in [1.82, 2.24) is 5.32 Å². The molecule has 0 aromatic carbocycles. The summed E-state index contributed by atoms with van der Waals surface area (Å²) in [6.45, 7) is 5.78. The van der Waals surface area contributed by atoms with Crippen LogP contribution in [-0.2, 0) is 0 Å². The van der Waals surface area contributed by atoms with Crippen molar-refractivity contribution in [3.05, 3.63) is 21.9 Å². The minimum absolute atomic E-state index is 0.0712. The van der Waals surface area contributed by atoms with Crippen molar-refractivity contribution in [2.75, 3.05) is 13.2 Å². The van der Waals surface area contributed by atoms with E-state index in [-0.39, 0.29) is 19.3 Å². The van der Waals surface area contributed by atoms with E-state index < -0.39 is 5.54 Å². The maximum atomic E-state index is 9.18. The highest BCUT2D eigenvalue weighted by atomic mass is 32.1. The van der Waals surface area contributed by atoms with Gasteiger partial charge in [0.05, 0.1) is 18.8 Å². The molecule has 4 heteroatoms. The predicted molar refractivity (Wildman–Crippen MR) is 63.2 cm³/mol. The maximum Gasteiger partial charge on any atom is 0.0633 e. The Kier molecular flexibility index (Phi) is 4.28. The van der Waals surface area contributed by atoms with E-state index in [4.69, 9.17) is 0 Å². The SMILES string of the molecule is Cc1ccsc1C(C)NC(C)(CO)CO. The van der Waals surface area contributed by atoms with Gasteiger partial charge in [-0.1, -0.05) is 0 Å². The van der Waals surface area contributed by atoms with Crippen molar-refractivity contribution in [2.45, 2.75) is 32.4 Å². The summed E-state index contributed by atoms with van der Waals surface area (Å²) < 4.78 is 0. The summed E-state index contributed by atoms with van der Waals surface area (Å²) in [4.78, 5) is 1.25. The van der Waals surface area contributed by atoms with Crippen LogP contribution in [0.2, 0.25) is 0 Å². The van der Waals surface area contributed by atoms with Crippen molar-refractivity contribution in [3.8, 4) is 0 Å². The van der Waals surface area contributed by atoms with E-state index >= 15 is 0 Å². The minimum atomic E-state index is -0.615. The topological polar surface area (TPSA) is 52.5 Å². The van der Waals surface area contributed by atoms with Gasteiger partial charge in [-0.2, -0.15) is 0 Å². The summed E-state index contributed by atoms with van der Waals surface area (Å²) >= 11 is 1.69. The maximum absolute atomic E-state index is 9.18. The van der Waals surface area contributed by atoms with Gasteiger partial charge in [-0.25, -0.2) is 0 Å². The predicted octanol–water partition coefficient (Wildman–Crippen LogP) is 1.45. The Morgan fingerprint density at radius 2 is 2.07 bits per heavy atom. The zero-order valence-electron chi connectivity index (χ0n) is 9.45. The van der Waals surface area contributed by atoms with Crippen molar-refractivity contribution in [2.24, 2.45) is 0 Å². The summed E-state index contributed by atoms with van der Waals surface area (Å²) in [6, 6.07) is 2.22. The van der Waals surface area contributed by atoms with Gasteiger partial charge in [-0.15, -0.1) is 11.3 Å². The molecule has 0 radical (unpaired) electrons. The van der Waals surface area contributed by atoms with Crippen LogP contribution >= 0.6 is 11.3 Å². The summed E-state index contributed by atoms with van der Waals surface area (Å²) in [5, 5.41) is 23.7. The first kappa shape index (κ1) is 12.6. The Morgan fingerprint density at radius 1 is 1.47 bits per heavy atom. The minimum Gasteiger partial charge on any atom is -0.394 e. The number of hydrogen-bond donors (Lipinski definition) is 3. The van der Waals surface area contributed by atoms with Crippen LogP contribution in [0.15, 0.2) is 11.4 Å². The van der Waals surface area contributed by atoms with E-state index in [2.05, 4.69) is 23.7 Å². The molecule has 0 saturated heterocycles. The summed E-state index contributed by atoms with van der Waals surface area (Å²) in [6.07, 6.45) is 0. The van der Waals surface area contributed by atoms with Crippen LogP contribution in [0, 0.1) is 6.92 Å². The van der Waals surface area contributed by atoms with Crippen LogP contribution in [-0.4, -0.2) is 29.0 Å². The number of thiophene rings is 1. The average Bonchev–Trinajstić information content (AvgIpc) is 2.64. The smallest absolute Gasteiger partial charge is 0.0633 e. The molecule has 0 spiro atoms. The van der Waals surface area contributed by atoms with Crippen molar-refractivity contribution >= 4 is 11.3 Å². The highest BCUT2D eigenvalue weighted by molar-refractivity contribution is 7.10. The molecule has 0 bridgehead atoms. The van der Waals surface area contributed by atoms with Crippen LogP contribution in [0.1, 0.15) is 30.3 Å². The van der Waals surface area contributed by atoms with Crippen molar-refractivity contribution in [1.29, 1.82) is 0 Å². The lowest BCUT2D eigenvalue weighted by Crippen LogP contribution is -2.49. The first-order chi connectivity index (χ1) is 7.02. The van der Waals surface area contributed by atoms with Gasteiger partial charge in [0, 0.05) is 10.9 Å². The molecule has 1 unspecified atom stereocenters. The number of aliphatic hydroxyl groups is 2. The third-order valence-electron chi connectivity index (χ3n) is 2.56. The fourth-order valence-electron chi connectivity index (χ4n) is 1.56. The van der Waals surface area contributed by atoms with Gasteiger partial charge >= 0.3 is 0 Å². The normalized spacial score (nSPS) is 14.2. The van der Waals surface area contributed by atoms with E-state index in [1.165, 1.54) is 10.4 Å². The summed E-state index contributed by atoms with van der Waals surface area (Å²) in [7, 11) is 0. The number of aryl methyl sites for hydroxylation is 1. The quantitative estimate of drug-likeness (QED) is 0.716. The van der Waals surface area contributed by atoms with Gasteiger partial charge in [0.15, 0.2) is 0 Å². The van der Waals surface area contributed by atoms with Crippen LogP contribution in [0.5, 0.6) is 0 Å². The molecule has 0 aliphatic rings. The molecular weight excluding hydrogens is 210 g/mol. The fourth-order valence-corrected chi connectivity index (χ4v) is 2.49. The zero-order chi connectivity index (χ0) is 11.5. The molecule has 1 aromatic rings. The van der Waals surface area contributed by atoms with Crippen molar-refractivity contribution in [3.63, 3.8) is 0 Å². The van der Waals surface area contributed by atoms with E-state index in [1.807, 2.05) is 13.8 Å². The lowest BCUT2D eigenvalue weighted by Gasteiger charge is -2.30.